The second-order valence-corrected chi connectivity index (χ2v) is 7.68. The number of carbonyl (C=O) groups excluding carboxylic acids is 1. The maximum atomic E-state index is 13.7. The third-order valence-corrected chi connectivity index (χ3v) is 5.57. The summed E-state index contributed by atoms with van der Waals surface area (Å²) in [6.45, 7) is 0.153. The van der Waals surface area contributed by atoms with Crippen LogP contribution in [0, 0.1) is 5.82 Å². The molecule has 3 aromatic rings. The number of halogens is 1. The molecule has 2 aromatic carbocycles. The van der Waals surface area contributed by atoms with Gasteiger partial charge >= 0.3 is 5.69 Å². The first kappa shape index (κ1) is 21.4. The monoisotopic (exact) mass is 428 g/mol. The summed E-state index contributed by atoms with van der Waals surface area (Å²) < 4.78 is 14.9. The normalized spacial score (nSPS) is 10.7. The molecule has 0 aliphatic rings. The van der Waals surface area contributed by atoms with Crippen LogP contribution in [0.15, 0.2) is 69.1 Å². The molecule has 0 radical (unpaired) electrons. The van der Waals surface area contributed by atoms with Crippen LogP contribution < -0.4 is 21.9 Å². The van der Waals surface area contributed by atoms with Crippen molar-refractivity contribution in [3.05, 3.63) is 86.8 Å². The fourth-order valence-electron chi connectivity index (χ4n) is 2.93. The standard InChI is InChI=1S/C21H21FN4O3S/c1-25(17(27)11-12-30-16-10-6-5-9-15(16)22)18-19(23)26(21(29)24-20(18)28)13-14-7-3-2-4-8-14/h2-10H,11-13,23H2,1H3,(H,24,28,29). The number of hydrogen-bond acceptors (Lipinski definition) is 5. The van der Waals surface area contributed by atoms with Crippen LogP contribution in [0.5, 0.6) is 0 Å². The molecular weight excluding hydrogens is 407 g/mol. The summed E-state index contributed by atoms with van der Waals surface area (Å²) in [5, 5.41) is 0. The van der Waals surface area contributed by atoms with Gasteiger partial charge in [0, 0.05) is 24.1 Å². The van der Waals surface area contributed by atoms with Gasteiger partial charge in [0.1, 0.15) is 11.6 Å². The van der Waals surface area contributed by atoms with Crippen molar-refractivity contribution in [2.75, 3.05) is 23.4 Å². The molecule has 7 nitrogen and oxygen atoms in total. The van der Waals surface area contributed by atoms with Gasteiger partial charge in [-0.15, -0.1) is 11.8 Å². The van der Waals surface area contributed by atoms with Crippen LogP contribution in [0.1, 0.15) is 12.0 Å². The zero-order chi connectivity index (χ0) is 21.7. The highest BCUT2D eigenvalue weighted by atomic mass is 32.2. The Bertz CT molecular complexity index is 1160. The molecule has 1 aromatic heterocycles. The van der Waals surface area contributed by atoms with Gasteiger partial charge in [0.2, 0.25) is 5.91 Å². The summed E-state index contributed by atoms with van der Waals surface area (Å²) in [7, 11) is 1.42. The number of nitrogens with one attached hydrogen (secondary N) is 1. The van der Waals surface area contributed by atoms with Crippen molar-refractivity contribution in [1.82, 2.24) is 9.55 Å². The van der Waals surface area contributed by atoms with Gasteiger partial charge < -0.3 is 10.6 Å². The Morgan fingerprint density at radius 3 is 2.50 bits per heavy atom. The highest BCUT2D eigenvalue weighted by molar-refractivity contribution is 7.99. The van der Waals surface area contributed by atoms with Crippen molar-refractivity contribution >= 4 is 29.2 Å². The van der Waals surface area contributed by atoms with Crippen molar-refractivity contribution in [1.29, 1.82) is 0 Å². The van der Waals surface area contributed by atoms with Gasteiger partial charge in [-0.05, 0) is 17.7 Å². The fraction of sp³-hybridized carbons (Fsp3) is 0.190. The van der Waals surface area contributed by atoms with Crippen LogP contribution >= 0.6 is 11.8 Å². The number of nitrogens with zero attached hydrogens (tertiary/aromatic N) is 2. The summed E-state index contributed by atoms with van der Waals surface area (Å²) in [5.74, 6) is -0.492. The molecule has 3 rings (SSSR count). The van der Waals surface area contributed by atoms with Gasteiger partial charge in [-0.3, -0.25) is 19.1 Å². The molecule has 9 heteroatoms. The van der Waals surface area contributed by atoms with Crippen molar-refractivity contribution < 1.29 is 9.18 Å². The summed E-state index contributed by atoms with van der Waals surface area (Å²) in [6.07, 6.45) is 0.0617. The number of aromatic amines is 1. The average Bonchev–Trinajstić information content (AvgIpc) is 2.73. The van der Waals surface area contributed by atoms with Crippen LogP contribution in [0.25, 0.3) is 0 Å². The molecule has 0 aliphatic heterocycles. The average molecular weight is 428 g/mol. The number of amides is 1. The van der Waals surface area contributed by atoms with Crippen LogP contribution in [0.3, 0.4) is 0 Å². The van der Waals surface area contributed by atoms with Gasteiger partial charge in [0.15, 0.2) is 5.69 Å². The molecule has 0 unspecified atom stereocenters. The zero-order valence-corrected chi connectivity index (χ0v) is 17.1. The van der Waals surface area contributed by atoms with E-state index in [0.717, 1.165) is 10.5 Å². The Morgan fingerprint density at radius 1 is 1.13 bits per heavy atom. The quantitative estimate of drug-likeness (QED) is 0.563. The van der Waals surface area contributed by atoms with E-state index >= 15 is 0 Å². The zero-order valence-electron chi connectivity index (χ0n) is 16.3. The number of nitrogens with two attached hydrogens (primary N) is 1. The van der Waals surface area contributed by atoms with Crippen molar-refractivity contribution in [2.45, 2.75) is 17.9 Å². The number of nitrogen functional groups attached to an aromatic ring is 1. The van der Waals surface area contributed by atoms with Crippen LogP contribution in [0.2, 0.25) is 0 Å². The van der Waals surface area contributed by atoms with E-state index in [4.69, 9.17) is 5.73 Å². The molecule has 30 heavy (non-hydrogen) atoms. The third-order valence-electron chi connectivity index (χ3n) is 4.52. The molecule has 156 valence electrons. The van der Waals surface area contributed by atoms with E-state index in [2.05, 4.69) is 4.98 Å². The molecule has 0 saturated carbocycles. The lowest BCUT2D eigenvalue weighted by atomic mass is 10.2. The number of carbonyl (C=O) groups is 1. The molecule has 0 spiro atoms. The van der Waals surface area contributed by atoms with Crippen LogP contribution in [0.4, 0.5) is 15.9 Å². The predicted molar refractivity (Wildman–Crippen MR) is 116 cm³/mol. The minimum absolute atomic E-state index is 0.0617. The lowest BCUT2D eigenvalue weighted by molar-refractivity contribution is -0.117. The first-order valence-electron chi connectivity index (χ1n) is 9.19. The van der Waals surface area contributed by atoms with Crippen molar-refractivity contribution in [2.24, 2.45) is 0 Å². The molecule has 1 heterocycles. The predicted octanol–water partition coefficient (Wildman–Crippen LogP) is 2.45. The first-order chi connectivity index (χ1) is 14.4. The molecule has 3 N–H and O–H groups in total. The van der Waals surface area contributed by atoms with Gasteiger partial charge in [-0.2, -0.15) is 0 Å². The maximum Gasteiger partial charge on any atom is 0.330 e. The number of anilines is 2. The van der Waals surface area contributed by atoms with E-state index in [1.54, 1.807) is 18.2 Å². The van der Waals surface area contributed by atoms with E-state index in [9.17, 15) is 18.8 Å². The maximum absolute atomic E-state index is 13.7. The van der Waals surface area contributed by atoms with E-state index in [-0.39, 0.29) is 36.2 Å². The Morgan fingerprint density at radius 2 is 1.80 bits per heavy atom. The smallest absolute Gasteiger partial charge is 0.330 e. The Labute approximate surface area is 176 Å². The third kappa shape index (κ3) is 4.80. The molecule has 0 atom stereocenters. The SMILES string of the molecule is CN(C(=O)CCSc1ccccc1F)c1c(N)n(Cc2ccccc2)c(=O)[nH]c1=O. The number of H-pyrrole nitrogens is 1. The van der Waals surface area contributed by atoms with Crippen LogP contribution in [-0.2, 0) is 11.3 Å². The summed E-state index contributed by atoms with van der Waals surface area (Å²) in [5.41, 5.74) is 5.44. The Balaban J connectivity index is 1.77. The molecule has 0 saturated heterocycles. The first-order valence-corrected chi connectivity index (χ1v) is 10.2. The van der Waals surface area contributed by atoms with Crippen molar-refractivity contribution in [3.63, 3.8) is 0 Å². The second kappa shape index (κ2) is 9.45. The summed E-state index contributed by atoms with van der Waals surface area (Å²) in [6, 6.07) is 15.4. The van der Waals surface area contributed by atoms with E-state index in [1.165, 1.54) is 29.4 Å². The largest absolute Gasteiger partial charge is 0.383 e. The van der Waals surface area contributed by atoms with E-state index in [1.807, 2.05) is 30.3 Å². The minimum Gasteiger partial charge on any atom is -0.383 e. The van der Waals surface area contributed by atoms with Gasteiger partial charge in [0.05, 0.1) is 6.54 Å². The second-order valence-electron chi connectivity index (χ2n) is 6.55. The molecule has 0 fully saturated rings. The van der Waals surface area contributed by atoms with Gasteiger partial charge in [-0.1, -0.05) is 42.5 Å². The Hall–Kier alpha value is -3.33. The number of thioether (sulfide) groups is 1. The number of rotatable bonds is 7. The minimum atomic E-state index is -0.737. The number of hydrogen-bond donors (Lipinski definition) is 2. The topological polar surface area (TPSA) is 101 Å². The summed E-state index contributed by atoms with van der Waals surface area (Å²) >= 11 is 1.21. The lowest BCUT2D eigenvalue weighted by Crippen LogP contribution is -2.39. The van der Waals surface area contributed by atoms with Crippen molar-refractivity contribution in [3.8, 4) is 0 Å². The highest BCUT2D eigenvalue weighted by Crippen LogP contribution is 2.23. The molecule has 1 amide bonds. The van der Waals surface area contributed by atoms with E-state index in [0.29, 0.717) is 10.6 Å². The summed E-state index contributed by atoms with van der Waals surface area (Å²) in [4.78, 5) is 41.0. The molecule has 0 bridgehead atoms. The highest BCUT2D eigenvalue weighted by Gasteiger charge is 2.21. The lowest BCUT2D eigenvalue weighted by Gasteiger charge is -2.20. The van der Waals surface area contributed by atoms with E-state index < -0.39 is 11.2 Å². The van der Waals surface area contributed by atoms with Gasteiger partial charge in [0.25, 0.3) is 5.56 Å². The van der Waals surface area contributed by atoms with Crippen LogP contribution in [-0.4, -0.2) is 28.3 Å². The van der Waals surface area contributed by atoms with Gasteiger partial charge in [-0.25, -0.2) is 9.18 Å². The molecule has 0 aliphatic carbocycles. The Kier molecular flexibility index (Phi) is 6.73. The fourth-order valence-corrected chi connectivity index (χ4v) is 3.80. The number of benzene rings is 2. The number of aromatic nitrogens is 2. The molecular formula is C21H21FN4O3S.